The summed E-state index contributed by atoms with van der Waals surface area (Å²) in [5.41, 5.74) is 4.89. The highest BCUT2D eigenvalue weighted by Crippen LogP contribution is 2.15. The molecule has 4 nitrogen and oxygen atoms in total. The van der Waals surface area contributed by atoms with Crippen LogP contribution in [0.2, 0.25) is 0 Å². The first-order valence-corrected chi connectivity index (χ1v) is 7.29. The molecule has 1 amide bonds. The van der Waals surface area contributed by atoms with Gasteiger partial charge < -0.3 is 16.4 Å². The molecule has 3 atom stereocenters. The zero-order valence-corrected chi connectivity index (χ0v) is 12.1. The Morgan fingerprint density at radius 3 is 2.83 bits per heavy atom. The van der Waals surface area contributed by atoms with E-state index in [0.717, 1.165) is 19.4 Å². The second kappa shape index (κ2) is 7.10. The number of nitrogens with one attached hydrogen (secondary N) is 2. The zero-order valence-electron chi connectivity index (χ0n) is 12.1. The Kier molecular flexibility index (Phi) is 6.09. The van der Waals surface area contributed by atoms with Crippen molar-refractivity contribution in [2.24, 2.45) is 5.73 Å². The molecule has 0 saturated carbocycles. The normalized spacial score (nSPS) is 26.1. The van der Waals surface area contributed by atoms with Crippen LogP contribution in [-0.2, 0) is 4.79 Å². The predicted octanol–water partition coefficient (Wildman–Crippen LogP) is 1.54. The Labute approximate surface area is 111 Å². The van der Waals surface area contributed by atoms with Gasteiger partial charge in [-0.1, -0.05) is 19.8 Å². The Morgan fingerprint density at radius 1 is 1.50 bits per heavy atom. The van der Waals surface area contributed by atoms with Gasteiger partial charge in [0.05, 0.1) is 5.54 Å². The van der Waals surface area contributed by atoms with Crippen molar-refractivity contribution in [3.05, 3.63) is 0 Å². The molecular formula is C14H29N3O. The van der Waals surface area contributed by atoms with E-state index in [0.29, 0.717) is 12.1 Å². The molecule has 0 aromatic rings. The number of carbonyl (C=O) groups excluding carboxylic acids is 1. The molecule has 0 aromatic carbocycles. The average molecular weight is 255 g/mol. The molecule has 0 spiro atoms. The number of hydrogen-bond acceptors (Lipinski definition) is 3. The van der Waals surface area contributed by atoms with Crippen molar-refractivity contribution in [1.29, 1.82) is 0 Å². The number of rotatable bonds is 6. The molecule has 0 aliphatic carbocycles. The van der Waals surface area contributed by atoms with Crippen LogP contribution in [0, 0.1) is 0 Å². The van der Waals surface area contributed by atoms with Gasteiger partial charge in [0, 0.05) is 12.1 Å². The summed E-state index contributed by atoms with van der Waals surface area (Å²) in [4.78, 5) is 11.5. The lowest BCUT2D eigenvalue weighted by atomic mass is 9.95. The predicted molar refractivity (Wildman–Crippen MR) is 75.4 cm³/mol. The van der Waals surface area contributed by atoms with Crippen molar-refractivity contribution in [1.82, 2.24) is 10.6 Å². The van der Waals surface area contributed by atoms with Crippen LogP contribution < -0.4 is 16.4 Å². The van der Waals surface area contributed by atoms with Crippen LogP contribution in [0.15, 0.2) is 0 Å². The summed E-state index contributed by atoms with van der Waals surface area (Å²) in [6, 6.07) is 0.877. The summed E-state index contributed by atoms with van der Waals surface area (Å²) in [5.74, 6) is -0.259. The van der Waals surface area contributed by atoms with E-state index in [1.54, 1.807) is 0 Å². The van der Waals surface area contributed by atoms with Gasteiger partial charge in [0.25, 0.3) is 0 Å². The highest BCUT2D eigenvalue weighted by Gasteiger charge is 2.30. The van der Waals surface area contributed by atoms with Crippen LogP contribution in [0.5, 0.6) is 0 Å². The summed E-state index contributed by atoms with van der Waals surface area (Å²) in [6.45, 7) is 7.16. The Morgan fingerprint density at radius 2 is 2.22 bits per heavy atom. The first-order chi connectivity index (χ1) is 8.48. The van der Waals surface area contributed by atoms with Crippen molar-refractivity contribution in [2.75, 3.05) is 6.54 Å². The fourth-order valence-electron chi connectivity index (χ4n) is 2.68. The lowest BCUT2D eigenvalue weighted by molar-refractivity contribution is -0.124. The maximum atomic E-state index is 11.5. The molecule has 1 rings (SSSR count). The van der Waals surface area contributed by atoms with Crippen molar-refractivity contribution in [2.45, 2.75) is 76.9 Å². The molecule has 0 aromatic heterocycles. The van der Waals surface area contributed by atoms with E-state index in [1.165, 1.54) is 25.7 Å². The van der Waals surface area contributed by atoms with Gasteiger partial charge in [-0.2, -0.15) is 0 Å². The van der Waals surface area contributed by atoms with Gasteiger partial charge in [-0.3, -0.25) is 4.79 Å². The molecule has 1 aliphatic heterocycles. The van der Waals surface area contributed by atoms with Gasteiger partial charge in [-0.05, 0) is 46.1 Å². The smallest absolute Gasteiger partial charge is 0.237 e. The van der Waals surface area contributed by atoms with Crippen LogP contribution in [0.4, 0.5) is 0 Å². The molecule has 1 heterocycles. The minimum absolute atomic E-state index is 0.259. The van der Waals surface area contributed by atoms with Crippen molar-refractivity contribution in [3.8, 4) is 0 Å². The first kappa shape index (κ1) is 15.4. The zero-order chi connectivity index (χ0) is 13.6. The quantitative estimate of drug-likeness (QED) is 0.674. The van der Waals surface area contributed by atoms with E-state index < -0.39 is 5.54 Å². The van der Waals surface area contributed by atoms with Crippen LogP contribution in [0.1, 0.15) is 59.3 Å². The van der Waals surface area contributed by atoms with Crippen molar-refractivity contribution < 1.29 is 4.79 Å². The van der Waals surface area contributed by atoms with Gasteiger partial charge in [0.1, 0.15) is 0 Å². The SMILES string of the molecule is CCC(C)(NC(C)CC1CCCCCN1)C(N)=O. The van der Waals surface area contributed by atoms with Gasteiger partial charge in [-0.25, -0.2) is 0 Å². The van der Waals surface area contributed by atoms with E-state index in [-0.39, 0.29) is 5.91 Å². The van der Waals surface area contributed by atoms with E-state index in [4.69, 9.17) is 5.73 Å². The highest BCUT2D eigenvalue weighted by atomic mass is 16.1. The monoisotopic (exact) mass is 255 g/mol. The third kappa shape index (κ3) is 4.58. The van der Waals surface area contributed by atoms with Crippen LogP contribution >= 0.6 is 0 Å². The molecule has 4 N–H and O–H groups in total. The standard InChI is InChI=1S/C14H29N3O/c1-4-14(3,13(15)18)17-11(2)10-12-8-6-5-7-9-16-12/h11-12,16-17H,4-10H2,1-3H3,(H2,15,18). The van der Waals surface area contributed by atoms with Crippen LogP contribution in [-0.4, -0.2) is 30.1 Å². The molecule has 1 fully saturated rings. The summed E-state index contributed by atoms with van der Waals surface area (Å²) in [7, 11) is 0. The number of carbonyl (C=O) groups is 1. The summed E-state index contributed by atoms with van der Waals surface area (Å²) in [6.07, 6.45) is 6.95. The van der Waals surface area contributed by atoms with E-state index in [9.17, 15) is 4.79 Å². The fraction of sp³-hybridized carbons (Fsp3) is 0.929. The van der Waals surface area contributed by atoms with Gasteiger partial charge in [-0.15, -0.1) is 0 Å². The third-order valence-corrected chi connectivity index (χ3v) is 4.12. The minimum Gasteiger partial charge on any atom is -0.368 e. The summed E-state index contributed by atoms with van der Waals surface area (Å²) < 4.78 is 0. The third-order valence-electron chi connectivity index (χ3n) is 4.12. The van der Waals surface area contributed by atoms with Crippen LogP contribution in [0.3, 0.4) is 0 Å². The van der Waals surface area contributed by atoms with E-state index in [2.05, 4.69) is 17.6 Å². The molecule has 0 radical (unpaired) electrons. The Bertz CT molecular complexity index is 262. The average Bonchev–Trinajstić information content (AvgIpc) is 2.57. The fourth-order valence-corrected chi connectivity index (χ4v) is 2.68. The molecular weight excluding hydrogens is 226 g/mol. The van der Waals surface area contributed by atoms with E-state index >= 15 is 0 Å². The first-order valence-electron chi connectivity index (χ1n) is 7.29. The largest absolute Gasteiger partial charge is 0.368 e. The second-order valence-corrected chi connectivity index (χ2v) is 5.83. The molecule has 1 aliphatic rings. The van der Waals surface area contributed by atoms with Gasteiger partial charge in [0.15, 0.2) is 0 Å². The van der Waals surface area contributed by atoms with Gasteiger partial charge in [0.2, 0.25) is 5.91 Å². The highest BCUT2D eigenvalue weighted by molar-refractivity contribution is 5.84. The Hall–Kier alpha value is -0.610. The number of hydrogen-bond donors (Lipinski definition) is 3. The van der Waals surface area contributed by atoms with Gasteiger partial charge >= 0.3 is 0 Å². The topological polar surface area (TPSA) is 67.2 Å². The van der Waals surface area contributed by atoms with Crippen LogP contribution in [0.25, 0.3) is 0 Å². The number of amides is 1. The maximum Gasteiger partial charge on any atom is 0.237 e. The molecule has 0 bridgehead atoms. The van der Waals surface area contributed by atoms with E-state index in [1.807, 2.05) is 13.8 Å². The Balaban J connectivity index is 2.44. The lowest BCUT2D eigenvalue weighted by Crippen LogP contribution is -2.56. The lowest BCUT2D eigenvalue weighted by Gasteiger charge is -2.31. The molecule has 1 saturated heterocycles. The van der Waals surface area contributed by atoms with Crippen molar-refractivity contribution >= 4 is 5.91 Å². The summed E-state index contributed by atoms with van der Waals surface area (Å²) >= 11 is 0. The second-order valence-electron chi connectivity index (χ2n) is 5.83. The number of nitrogens with two attached hydrogens (primary N) is 1. The summed E-state index contributed by atoms with van der Waals surface area (Å²) in [5, 5.41) is 6.98. The molecule has 4 heteroatoms. The molecule has 18 heavy (non-hydrogen) atoms. The minimum atomic E-state index is -0.579. The molecule has 3 unspecified atom stereocenters. The van der Waals surface area contributed by atoms with Crippen molar-refractivity contribution in [3.63, 3.8) is 0 Å². The molecule has 106 valence electrons. The maximum absolute atomic E-state index is 11.5. The number of primary amides is 1.